The number of nitrogens with zero attached hydrogens (tertiary/aromatic N) is 1. The van der Waals surface area contributed by atoms with Crippen molar-refractivity contribution in [1.29, 1.82) is 0 Å². The number of rotatable bonds is 6. The van der Waals surface area contributed by atoms with Gasteiger partial charge >= 0.3 is 4.87 Å². The number of thiazole rings is 1. The molecule has 116 valence electrons. The topological polar surface area (TPSA) is 68.2 Å². The Labute approximate surface area is 128 Å². The Morgan fingerprint density at radius 2 is 1.90 bits per heavy atom. The van der Waals surface area contributed by atoms with Crippen LogP contribution >= 0.6 is 11.3 Å². The second kappa shape index (κ2) is 6.29. The molecule has 1 aromatic carbocycles. The van der Waals surface area contributed by atoms with Gasteiger partial charge in [-0.2, -0.15) is 0 Å². The van der Waals surface area contributed by atoms with Gasteiger partial charge in [-0.15, -0.1) is 0 Å². The van der Waals surface area contributed by atoms with Gasteiger partial charge < -0.3 is 0 Å². The van der Waals surface area contributed by atoms with Crippen molar-refractivity contribution in [2.75, 3.05) is 0 Å². The summed E-state index contributed by atoms with van der Waals surface area (Å²) in [6.07, 6.45) is 1.50. The fourth-order valence-corrected chi connectivity index (χ4v) is 4.75. The Balaban J connectivity index is 2.45. The zero-order valence-electron chi connectivity index (χ0n) is 12.4. The van der Waals surface area contributed by atoms with E-state index in [0.29, 0.717) is 11.2 Å². The SMILES string of the molecule is CCC(CC)NS(=O)(=O)c1ccc2c(c1)sc(=O)n2CC. The number of aryl methyl sites for hydroxylation is 1. The molecule has 21 heavy (non-hydrogen) atoms. The molecule has 0 amide bonds. The average molecular weight is 328 g/mol. The highest BCUT2D eigenvalue weighted by molar-refractivity contribution is 7.89. The number of sulfonamides is 1. The van der Waals surface area contributed by atoms with Crippen LogP contribution in [0.15, 0.2) is 27.9 Å². The first kappa shape index (κ1) is 16.2. The van der Waals surface area contributed by atoms with Crippen molar-refractivity contribution in [2.45, 2.75) is 51.1 Å². The number of benzene rings is 1. The molecule has 0 bridgehead atoms. The van der Waals surface area contributed by atoms with E-state index >= 15 is 0 Å². The van der Waals surface area contributed by atoms with Gasteiger partial charge in [-0.1, -0.05) is 25.2 Å². The minimum atomic E-state index is -3.54. The van der Waals surface area contributed by atoms with E-state index in [-0.39, 0.29) is 15.8 Å². The first-order valence-electron chi connectivity index (χ1n) is 7.08. The van der Waals surface area contributed by atoms with Crippen LogP contribution in [0.1, 0.15) is 33.6 Å². The molecule has 5 nitrogen and oxygen atoms in total. The lowest BCUT2D eigenvalue weighted by Crippen LogP contribution is -2.33. The maximum absolute atomic E-state index is 12.4. The van der Waals surface area contributed by atoms with Gasteiger partial charge in [0.15, 0.2) is 0 Å². The van der Waals surface area contributed by atoms with E-state index in [0.717, 1.165) is 29.7 Å². The van der Waals surface area contributed by atoms with Crippen LogP contribution in [-0.4, -0.2) is 19.0 Å². The normalized spacial score (nSPS) is 12.4. The molecule has 2 rings (SSSR count). The van der Waals surface area contributed by atoms with Crippen LogP contribution in [0.5, 0.6) is 0 Å². The van der Waals surface area contributed by atoms with Gasteiger partial charge in [-0.3, -0.25) is 9.36 Å². The summed E-state index contributed by atoms with van der Waals surface area (Å²) in [5, 5.41) is 0. The van der Waals surface area contributed by atoms with Gasteiger partial charge in [0.05, 0.1) is 15.1 Å². The standard InChI is InChI=1S/C14H20N2O3S2/c1-4-10(5-2)15-21(18,19)11-7-8-12-13(9-11)20-14(17)16(12)6-3/h7-10,15H,4-6H2,1-3H3. The maximum atomic E-state index is 12.4. The van der Waals surface area contributed by atoms with Crippen molar-refractivity contribution < 1.29 is 8.42 Å². The van der Waals surface area contributed by atoms with Gasteiger partial charge in [0.2, 0.25) is 10.0 Å². The highest BCUT2D eigenvalue weighted by atomic mass is 32.2. The molecule has 7 heteroatoms. The maximum Gasteiger partial charge on any atom is 0.308 e. The molecule has 0 radical (unpaired) electrons. The van der Waals surface area contributed by atoms with Gasteiger partial charge in [-0.05, 0) is 38.0 Å². The van der Waals surface area contributed by atoms with Gasteiger partial charge in [-0.25, -0.2) is 13.1 Å². The van der Waals surface area contributed by atoms with Crippen LogP contribution in [-0.2, 0) is 16.6 Å². The van der Waals surface area contributed by atoms with Gasteiger partial charge in [0.1, 0.15) is 0 Å². The minimum Gasteiger partial charge on any atom is -0.299 e. The van der Waals surface area contributed by atoms with E-state index in [1.165, 1.54) is 0 Å². The number of nitrogens with one attached hydrogen (secondary N) is 1. The summed E-state index contributed by atoms with van der Waals surface area (Å²) in [6.45, 7) is 6.38. The summed E-state index contributed by atoms with van der Waals surface area (Å²) in [5.41, 5.74) is 0.786. The molecule has 0 saturated heterocycles. The van der Waals surface area contributed by atoms with Crippen LogP contribution in [0.2, 0.25) is 0 Å². The predicted molar refractivity (Wildman–Crippen MR) is 86.5 cm³/mol. The molecule has 0 atom stereocenters. The third-order valence-corrected chi connectivity index (χ3v) is 6.03. The number of aromatic nitrogens is 1. The summed E-state index contributed by atoms with van der Waals surface area (Å²) in [4.78, 5) is 12.0. The molecule has 1 N–H and O–H groups in total. The molecule has 1 aromatic heterocycles. The number of hydrogen-bond acceptors (Lipinski definition) is 4. The van der Waals surface area contributed by atoms with E-state index in [2.05, 4.69) is 4.72 Å². The third kappa shape index (κ3) is 3.20. The van der Waals surface area contributed by atoms with E-state index in [1.807, 2.05) is 20.8 Å². The fraction of sp³-hybridized carbons (Fsp3) is 0.500. The van der Waals surface area contributed by atoms with E-state index in [9.17, 15) is 13.2 Å². The quantitative estimate of drug-likeness (QED) is 0.886. The second-order valence-electron chi connectivity index (χ2n) is 4.88. The average Bonchev–Trinajstić information content (AvgIpc) is 2.78. The Hall–Kier alpha value is -1.18. The van der Waals surface area contributed by atoms with Crippen molar-refractivity contribution in [3.05, 3.63) is 27.9 Å². The zero-order valence-corrected chi connectivity index (χ0v) is 14.1. The van der Waals surface area contributed by atoms with Crippen molar-refractivity contribution in [3.63, 3.8) is 0 Å². The van der Waals surface area contributed by atoms with Crippen LogP contribution in [0, 0.1) is 0 Å². The lowest BCUT2D eigenvalue weighted by Gasteiger charge is -2.15. The molecule has 0 aliphatic heterocycles. The molecule has 0 aliphatic carbocycles. The second-order valence-corrected chi connectivity index (χ2v) is 7.58. The molecule has 0 aliphatic rings. The van der Waals surface area contributed by atoms with Gasteiger partial charge in [0.25, 0.3) is 0 Å². The molecule has 0 unspecified atom stereocenters. The summed E-state index contributed by atoms with van der Waals surface area (Å²) < 4.78 is 29.8. The fourth-order valence-electron chi connectivity index (χ4n) is 2.26. The van der Waals surface area contributed by atoms with Crippen LogP contribution in [0.25, 0.3) is 10.2 Å². The molecular formula is C14H20N2O3S2. The molecular weight excluding hydrogens is 308 g/mol. The Kier molecular flexibility index (Phi) is 4.85. The van der Waals surface area contributed by atoms with Gasteiger partial charge in [0, 0.05) is 12.6 Å². The van der Waals surface area contributed by atoms with Crippen LogP contribution in [0.3, 0.4) is 0 Å². The lowest BCUT2D eigenvalue weighted by atomic mass is 10.2. The zero-order chi connectivity index (χ0) is 15.6. The van der Waals surface area contributed by atoms with E-state index in [4.69, 9.17) is 0 Å². The van der Waals surface area contributed by atoms with E-state index in [1.54, 1.807) is 22.8 Å². The van der Waals surface area contributed by atoms with Crippen molar-refractivity contribution >= 4 is 31.6 Å². The first-order chi connectivity index (χ1) is 9.92. The smallest absolute Gasteiger partial charge is 0.299 e. The Bertz CT molecular complexity index is 786. The number of hydrogen-bond donors (Lipinski definition) is 1. The van der Waals surface area contributed by atoms with Crippen molar-refractivity contribution in [1.82, 2.24) is 9.29 Å². The molecule has 1 heterocycles. The molecule has 0 saturated carbocycles. The van der Waals surface area contributed by atoms with Crippen LogP contribution in [0.4, 0.5) is 0 Å². The molecule has 0 spiro atoms. The summed E-state index contributed by atoms with van der Waals surface area (Å²) >= 11 is 1.08. The monoisotopic (exact) mass is 328 g/mol. The van der Waals surface area contributed by atoms with E-state index < -0.39 is 10.0 Å². The summed E-state index contributed by atoms with van der Waals surface area (Å²) in [5.74, 6) is 0. The van der Waals surface area contributed by atoms with Crippen molar-refractivity contribution in [3.8, 4) is 0 Å². The Morgan fingerprint density at radius 1 is 1.24 bits per heavy atom. The third-order valence-electron chi connectivity index (χ3n) is 3.57. The number of fused-ring (bicyclic) bond motifs is 1. The van der Waals surface area contributed by atoms with Crippen LogP contribution < -0.4 is 9.60 Å². The predicted octanol–water partition coefficient (Wildman–Crippen LogP) is 2.55. The first-order valence-corrected chi connectivity index (χ1v) is 9.38. The highest BCUT2D eigenvalue weighted by Crippen LogP contribution is 2.22. The lowest BCUT2D eigenvalue weighted by molar-refractivity contribution is 0.530. The summed E-state index contributed by atoms with van der Waals surface area (Å²) in [7, 11) is -3.54. The minimum absolute atomic E-state index is 0.0602. The Morgan fingerprint density at radius 3 is 2.48 bits per heavy atom. The molecule has 2 aromatic rings. The largest absolute Gasteiger partial charge is 0.308 e. The summed E-state index contributed by atoms with van der Waals surface area (Å²) in [6, 6.07) is 4.78. The van der Waals surface area contributed by atoms with Crippen molar-refractivity contribution in [2.24, 2.45) is 0 Å². The molecule has 0 fully saturated rings. The highest BCUT2D eigenvalue weighted by Gasteiger charge is 2.19.